The standard InChI is InChI=1S/C25H30N8O2S/c1-18-15-26-12-14-33(18)22-8-6-21(7-9-22)29-25-28-16-19-10-13-32(24(19)30-25)17-20-5-4-11-27-23(20)31(2)36(3,34)35/h4-11,13,16,18,26H,12,14-15,17H2,1-3H3,(H,28,29,30)/t18-/m0/s1. The number of rotatable bonds is 7. The number of hydrogen-bond acceptors (Lipinski definition) is 8. The second-order valence-corrected chi connectivity index (χ2v) is 11.1. The first kappa shape index (κ1) is 24.0. The van der Waals surface area contributed by atoms with Crippen LogP contribution < -0.4 is 19.8 Å². The van der Waals surface area contributed by atoms with Gasteiger partial charge in [0.15, 0.2) is 0 Å². The number of benzene rings is 1. The van der Waals surface area contributed by atoms with Crippen LogP contribution >= 0.6 is 0 Å². The largest absolute Gasteiger partial charge is 0.366 e. The van der Waals surface area contributed by atoms with E-state index in [1.807, 2.05) is 35.0 Å². The molecule has 0 unspecified atom stereocenters. The Hall–Kier alpha value is -3.70. The summed E-state index contributed by atoms with van der Waals surface area (Å²) < 4.78 is 27.3. The van der Waals surface area contributed by atoms with E-state index < -0.39 is 10.0 Å². The number of sulfonamides is 1. The Labute approximate surface area is 211 Å². The molecule has 4 heterocycles. The molecule has 0 radical (unpaired) electrons. The fourth-order valence-electron chi connectivity index (χ4n) is 4.43. The van der Waals surface area contributed by atoms with Crippen molar-refractivity contribution in [1.29, 1.82) is 0 Å². The molecular weight excluding hydrogens is 476 g/mol. The summed E-state index contributed by atoms with van der Waals surface area (Å²) in [5, 5.41) is 7.62. The Kier molecular flexibility index (Phi) is 6.50. The predicted molar refractivity (Wildman–Crippen MR) is 144 cm³/mol. The maximum atomic E-state index is 12.1. The van der Waals surface area contributed by atoms with E-state index in [0.717, 1.165) is 41.9 Å². The highest BCUT2D eigenvalue weighted by atomic mass is 32.2. The first-order valence-corrected chi connectivity index (χ1v) is 13.7. The average molecular weight is 507 g/mol. The Balaban J connectivity index is 1.37. The van der Waals surface area contributed by atoms with Crippen LogP contribution in [0.5, 0.6) is 0 Å². The van der Waals surface area contributed by atoms with Crippen molar-refractivity contribution in [3.63, 3.8) is 0 Å². The summed E-state index contributed by atoms with van der Waals surface area (Å²) in [4.78, 5) is 15.9. The third-order valence-electron chi connectivity index (χ3n) is 6.46. The quantitative estimate of drug-likeness (QED) is 0.394. The number of pyridine rings is 1. The molecule has 36 heavy (non-hydrogen) atoms. The summed E-state index contributed by atoms with van der Waals surface area (Å²) in [6.07, 6.45) is 6.46. The van der Waals surface area contributed by atoms with Crippen molar-refractivity contribution in [3.05, 3.63) is 66.6 Å². The van der Waals surface area contributed by atoms with E-state index in [1.54, 1.807) is 18.5 Å². The van der Waals surface area contributed by atoms with Crippen LogP contribution in [0.2, 0.25) is 0 Å². The SMILES string of the molecule is C[C@H]1CNCCN1c1ccc(Nc2ncc3ccn(Cc4cccnc4N(C)S(C)(=O)=O)c3n2)cc1. The summed E-state index contributed by atoms with van der Waals surface area (Å²) in [6, 6.07) is 14.4. The number of anilines is 4. The molecule has 10 nitrogen and oxygen atoms in total. The minimum Gasteiger partial charge on any atom is -0.366 e. The van der Waals surface area contributed by atoms with Gasteiger partial charge in [0, 0.05) is 73.6 Å². The van der Waals surface area contributed by atoms with Crippen molar-refractivity contribution >= 4 is 44.2 Å². The minimum absolute atomic E-state index is 0.396. The highest BCUT2D eigenvalue weighted by Crippen LogP contribution is 2.25. The zero-order chi connectivity index (χ0) is 25.3. The van der Waals surface area contributed by atoms with Gasteiger partial charge in [-0.05, 0) is 43.3 Å². The monoisotopic (exact) mass is 506 g/mol. The molecule has 0 saturated carbocycles. The van der Waals surface area contributed by atoms with Gasteiger partial charge in [-0.3, -0.25) is 4.31 Å². The molecule has 1 saturated heterocycles. The van der Waals surface area contributed by atoms with Crippen LogP contribution in [0.1, 0.15) is 12.5 Å². The third-order valence-corrected chi connectivity index (χ3v) is 7.63. The predicted octanol–water partition coefficient (Wildman–Crippen LogP) is 2.81. The Bertz CT molecular complexity index is 1470. The molecule has 1 aliphatic rings. The molecule has 3 aromatic heterocycles. The van der Waals surface area contributed by atoms with Gasteiger partial charge in [0.25, 0.3) is 0 Å². The van der Waals surface area contributed by atoms with Gasteiger partial charge in [0.2, 0.25) is 16.0 Å². The number of hydrogen-bond donors (Lipinski definition) is 2. The smallest absolute Gasteiger partial charge is 0.233 e. The van der Waals surface area contributed by atoms with Crippen LogP contribution in [0.15, 0.2) is 61.1 Å². The lowest BCUT2D eigenvalue weighted by Crippen LogP contribution is -2.49. The zero-order valence-electron chi connectivity index (χ0n) is 20.6. The number of piperazine rings is 1. The van der Waals surface area contributed by atoms with E-state index in [0.29, 0.717) is 24.4 Å². The van der Waals surface area contributed by atoms with Gasteiger partial charge in [0.05, 0.1) is 12.8 Å². The van der Waals surface area contributed by atoms with Gasteiger partial charge in [-0.15, -0.1) is 0 Å². The topological polar surface area (TPSA) is 108 Å². The van der Waals surface area contributed by atoms with E-state index in [4.69, 9.17) is 4.98 Å². The van der Waals surface area contributed by atoms with Gasteiger partial charge < -0.3 is 20.1 Å². The number of aromatic nitrogens is 4. The summed E-state index contributed by atoms with van der Waals surface area (Å²) in [5.74, 6) is 0.888. The molecule has 0 bridgehead atoms. The van der Waals surface area contributed by atoms with E-state index in [9.17, 15) is 8.42 Å². The van der Waals surface area contributed by atoms with Crippen LogP contribution in [0.3, 0.4) is 0 Å². The molecule has 0 aliphatic carbocycles. The molecule has 4 aromatic rings. The van der Waals surface area contributed by atoms with Gasteiger partial charge in [-0.2, -0.15) is 4.98 Å². The molecule has 11 heteroatoms. The van der Waals surface area contributed by atoms with Gasteiger partial charge >= 0.3 is 0 Å². The fraction of sp³-hybridized carbons (Fsp3) is 0.320. The van der Waals surface area contributed by atoms with Crippen LogP contribution in [0.4, 0.5) is 23.1 Å². The highest BCUT2D eigenvalue weighted by Gasteiger charge is 2.19. The van der Waals surface area contributed by atoms with Gasteiger partial charge in [-0.25, -0.2) is 18.4 Å². The van der Waals surface area contributed by atoms with Crippen LogP contribution in [-0.4, -0.2) is 66.9 Å². The summed E-state index contributed by atoms with van der Waals surface area (Å²) >= 11 is 0. The maximum Gasteiger partial charge on any atom is 0.233 e. The Morgan fingerprint density at radius 3 is 2.72 bits per heavy atom. The second-order valence-electron chi connectivity index (χ2n) is 9.05. The van der Waals surface area contributed by atoms with Crippen molar-refractivity contribution in [1.82, 2.24) is 24.8 Å². The van der Waals surface area contributed by atoms with Crippen molar-refractivity contribution in [2.45, 2.75) is 19.5 Å². The number of nitrogens with zero attached hydrogens (tertiary/aromatic N) is 6. The number of fused-ring (bicyclic) bond motifs is 1. The van der Waals surface area contributed by atoms with Crippen molar-refractivity contribution in [2.75, 3.05) is 47.5 Å². The van der Waals surface area contributed by atoms with Crippen molar-refractivity contribution < 1.29 is 8.42 Å². The molecule has 1 atom stereocenters. The molecule has 5 rings (SSSR count). The molecule has 1 fully saturated rings. The molecule has 2 N–H and O–H groups in total. The minimum atomic E-state index is -3.43. The maximum absolute atomic E-state index is 12.1. The molecule has 0 amide bonds. The number of nitrogens with one attached hydrogen (secondary N) is 2. The molecule has 1 aliphatic heterocycles. The van der Waals surface area contributed by atoms with Crippen LogP contribution in [-0.2, 0) is 16.6 Å². The van der Waals surface area contributed by atoms with Crippen LogP contribution in [0, 0.1) is 0 Å². The van der Waals surface area contributed by atoms with Gasteiger partial charge in [0.1, 0.15) is 11.5 Å². The van der Waals surface area contributed by atoms with Gasteiger partial charge in [-0.1, -0.05) is 6.07 Å². The van der Waals surface area contributed by atoms with Crippen molar-refractivity contribution in [2.24, 2.45) is 0 Å². The second kappa shape index (κ2) is 9.75. The lowest BCUT2D eigenvalue weighted by Gasteiger charge is -2.36. The molecule has 0 spiro atoms. The fourth-order valence-corrected chi connectivity index (χ4v) is 4.90. The van der Waals surface area contributed by atoms with E-state index in [1.165, 1.54) is 23.3 Å². The van der Waals surface area contributed by atoms with E-state index in [-0.39, 0.29) is 0 Å². The normalized spacial score (nSPS) is 16.3. The molecular formula is C25H30N8O2S. The summed E-state index contributed by atoms with van der Waals surface area (Å²) in [5.41, 5.74) is 3.62. The zero-order valence-corrected chi connectivity index (χ0v) is 21.4. The summed E-state index contributed by atoms with van der Waals surface area (Å²) in [7, 11) is -1.93. The first-order valence-electron chi connectivity index (χ1n) is 11.8. The first-order chi connectivity index (χ1) is 17.3. The lowest BCUT2D eigenvalue weighted by molar-refractivity contribution is 0.501. The molecule has 188 valence electrons. The Morgan fingerprint density at radius 1 is 1.17 bits per heavy atom. The lowest BCUT2D eigenvalue weighted by atomic mass is 10.1. The van der Waals surface area contributed by atoms with Crippen LogP contribution in [0.25, 0.3) is 11.0 Å². The van der Waals surface area contributed by atoms with Crippen molar-refractivity contribution in [3.8, 4) is 0 Å². The molecule has 1 aromatic carbocycles. The summed E-state index contributed by atoms with van der Waals surface area (Å²) in [6.45, 7) is 5.61. The average Bonchev–Trinajstić information content (AvgIpc) is 3.26. The van der Waals surface area contributed by atoms with E-state index in [2.05, 4.69) is 44.6 Å². The van der Waals surface area contributed by atoms with E-state index >= 15 is 0 Å². The Morgan fingerprint density at radius 2 is 1.97 bits per heavy atom. The highest BCUT2D eigenvalue weighted by molar-refractivity contribution is 7.92. The third kappa shape index (κ3) is 4.98.